The molecule has 0 fully saturated rings. The van der Waals surface area contributed by atoms with Gasteiger partial charge >= 0.3 is 0 Å². The highest BCUT2D eigenvalue weighted by Crippen LogP contribution is 2.28. The molecule has 2 rings (SSSR count). The minimum Gasteiger partial charge on any atom is -0.310 e. The zero-order valence-electron chi connectivity index (χ0n) is 11.0. The summed E-state index contributed by atoms with van der Waals surface area (Å²) in [6.45, 7) is 2.79. The molecule has 1 heterocycles. The average Bonchev–Trinajstić information content (AvgIpc) is 2.42. The normalized spacial score (nSPS) is 12.4. The summed E-state index contributed by atoms with van der Waals surface area (Å²) in [4.78, 5) is 4.15. The summed E-state index contributed by atoms with van der Waals surface area (Å²) in [7, 11) is 0. The van der Waals surface area contributed by atoms with Crippen molar-refractivity contribution in [2.45, 2.75) is 19.4 Å². The first-order valence-electron chi connectivity index (χ1n) is 6.38. The Morgan fingerprint density at radius 2 is 2.20 bits per heavy atom. The molecule has 2 aromatic rings. The molecule has 0 amide bonds. The van der Waals surface area contributed by atoms with Crippen molar-refractivity contribution < 1.29 is 4.39 Å². The molecule has 20 heavy (non-hydrogen) atoms. The van der Waals surface area contributed by atoms with Gasteiger partial charge in [0.1, 0.15) is 5.82 Å². The molecule has 1 aromatic carbocycles. The van der Waals surface area contributed by atoms with Gasteiger partial charge < -0.3 is 5.32 Å². The average molecular weight is 358 g/mol. The third kappa shape index (κ3) is 3.78. The zero-order chi connectivity index (χ0) is 14.5. The van der Waals surface area contributed by atoms with Crippen LogP contribution in [0.4, 0.5) is 4.39 Å². The molecule has 106 valence electrons. The maximum Gasteiger partial charge on any atom is 0.142 e. The molecule has 0 aliphatic carbocycles. The maximum atomic E-state index is 13.6. The van der Waals surface area contributed by atoms with Crippen LogP contribution in [0, 0.1) is 5.82 Å². The molecule has 0 saturated heterocycles. The van der Waals surface area contributed by atoms with Gasteiger partial charge in [0.25, 0.3) is 0 Å². The highest BCUT2D eigenvalue weighted by molar-refractivity contribution is 9.10. The van der Waals surface area contributed by atoms with Crippen LogP contribution in [0.5, 0.6) is 0 Å². The van der Waals surface area contributed by atoms with Gasteiger partial charge in [-0.15, -0.1) is 0 Å². The fourth-order valence-electron chi connectivity index (χ4n) is 2.13. The molecule has 0 bridgehead atoms. The zero-order valence-corrected chi connectivity index (χ0v) is 13.4. The summed E-state index contributed by atoms with van der Waals surface area (Å²) in [5.41, 5.74) is 1.83. The number of halogens is 3. The van der Waals surface area contributed by atoms with Crippen LogP contribution in [0.2, 0.25) is 5.02 Å². The van der Waals surface area contributed by atoms with Crippen LogP contribution < -0.4 is 5.32 Å². The van der Waals surface area contributed by atoms with Crippen molar-refractivity contribution in [3.8, 4) is 0 Å². The van der Waals surface area contributed by atoms with Crippen molar-refractivity contribution in [2.75, 3.05) is 6.54 Å². The van der Waals surface area contributed by atoms with Crippen molar-refractivity contribution in [3.05, 3.63) is 63.1 Å². The van der Waals surface area contributed by atoms with Crippen LogP contribution in [0.3, 0.4) is 0 Å². The molecule has 0 spiro atoms. The Bertz CT molecular complexity index is 592. The molecule has 1 atom stereocenters. The molecule has 5 heteroatoms. The number of pyridine rings is 1. The van der Waals surface area contributed by atoms with Crippen LogP contribution in [0.1, 0.15) is 24.1 Å². The second kappa shape index (κ2) is 7.16. The Kier molecular flexibility index (Phi) is 5.52. The Balaban J connectivity index is 2.29. The lowest BCUT2D eigenvalue weighted by molar-refractivity contribution is 0.542. The predicted molar refractivity (Wildman–Crippen MR) is 83.5 cm³/mol. The van der Waals surface area contributed by atoms with E-state index in [4.69, 9.17) is 11.6 Å². The first-order valence-corrected chi connectivity index (χ1v) is 7.55. The van der Waals surface area contributed by atoms with Crippen molar-refractivity contribution in [3.63, 3.8) is 0 Å². The van der Waals surface area contributed by atoms with E-state index in [2.05, 4.69) is 26.2 Å². The van der Waals surface area contributed by atoms with Gasteiger partial charge in [0.05, 0.1) is 5.02 Å². The van der Waals surface area contributed by atoms with E-state index in [1.165, 1.54) is 6.07 Å². The van der Waals surface area contributed by atoms with E-state index in [9.17, 15) is 4.39 Å². The number of nitrogens with one attached hydrogen (secondary N) is 1. The van der Waals surface area contributed by atoms with E-state index in [1.807, 2.05) is 25.3 Å². The Hall–Kier alpha value is -0.970. The topological polar surface area (TPSA) is 24.9 Å². The smallest absolute Gasteiger partial charge is 0.142 e. The molecule has 0 radical (unpaired) electrons. The monoisotopic (exact) mass is 356 g/mol. The third-order valence-corrected chi connectivity index (χ3v) is 3.84. The van der Waals surface area contributed by atoms with Crippen LogP contribution >= 0.6 is 27.5 Å². The van der Waals surface area contributed by atoms with Crippen LogP contribution in [-0.2, 0) is 6.42 Å². The summed E-state index contributed by atoms with van der Waals surface area (Å²) in [5, 5.41) is 3.52. The number of aromatic nitrogens is 1. The van der Waals surface area contributed by atoms with E-state index >= 15 is 0 Å². The van der Waals surface area contributed by atoms with Gasteiger partial charge in [-0.3, -0.25) is 4.98 Å². The van der Waals surface area contributed by atoms with Gasteiger partial charge in [0.2, 0.25) is 0 Å². The van der Waals surface area contributed by atoms with Gasteiger partial charge in [-0.2, -0.15) is 0 Å². The van der Waals surface area contributed by atoms with Gasteiger partial charge in [0, 0.05) is 22.9 Å². The molecule has 2 nitrogen and oxygen atoms in total. The first kappa shape index (κ1) is 15.4. The van der Waals surface area contributed by atoms with Gasteiger partial charge in [-0.05, 0) is 52.2 Å². The molecule has 0 aliphatic heterocycles. The van der Waals surface area contributed by atoms with Crippen LogP contribution in [0.25, 0.3) is 0 Å². The number of likely N-dealkylation sites (N-methyl/N-ethyl adjacent to an activating group) is 1. The lowest BCUT2D eigenvalue weighted by Gasteiger charge is -2.20. The van der Waals surface area contributed by atoms with Gasteiger partial charge in [-0.1, -0.05) is 30.7 Å². The number of rotatable bonds is 5. The molecule has 1 aromatic heterocycles. The van der Waals surface area contributed by atoms with Gasteiger partial charge in [0.15, 0.2) is 0 Å². The Morgan fingerprint density at radius 1 is 1.40 bits per heavy atom. The van der Waals surface area contributed by atoms with Crippen molar-refractivity contribution >= 4 is 27.5 Å². The highest BCUT2D eigenvalue weighted by atomic mass is 79.9. The van der Waals surface area contributed by atoms with Crippen LogP contribution in [-0.4, -0.2) is 11.5 Å². The summed E-state index contributed by atoms with van der Waals surface area (Å²) in [6.07, 6.45) is 4.24. The minimum absolute atomic E-state index is 0.0423. The SMILES string of the molecule is CCNC(Cc1cncc(Br)c1)c1cccc(F)c1Cl. The number of hydrogen-bond acceptors (Lipinski definition) is 2. The number of benzene rings is 1. The summed E-state index contributed by atoms with van der Waals surface area (Å²) < 4.78 is 14.5. The fourth-order valence-corrected chi connectivity index (χ4v) is 2.80. The molecule has 0 aliphatic rings. The molecule has 0 saturated carbocycles. The van der Waals surface area contributed by atoms with Crippen molar-refractivity contribution in [2.24, 2.45) is 0 Å². The predicted octanol–water partition coefficient (Wildman–Crippen LogP) is 4.53. The Morgan fingerprint density at radius 3 is 2.90 bits per heavy atom. The second-order valence-corrected chi connectivity index (χ2v) is 5.76. The summed E-state index contributed by atoms with van der Waals surface area (Å²) in [6, 6.07) is 6.86. The number of nitrogens with zero attached hydrogens (tertiary/aromatic N) is 1. The van der Waals surface area contributed by atoms with Crippen molar-refractivity contribution in [1.29, 1.82) is 0 Å². The van der Waals surface area contributed by atoms with E-state index in [0.717, 1.165) is 22.1 Å². The van der Waals surface area contributed by atoms with Crippen LogP contribution in [0.15, 0.2) is 41.1 Å². The minimum atomic E-state index is -0.389. The largest absolute Gasteiger partial charge is 0.310 e. The fraction of sp³-hybridized carbons (Fsp3) is 0.267. The van der Waals surface area contributed by atoms with Gasteiger partial charge in [-0.25, -0.2) is 4.39 Å². The van der Waals surface area contributed by atoms with E-state index in [-0.39, 0.29) is 16.9 Å². The summed E-state index contributed by atoms with van der Waals surface area (Å²) in [5.74, 6) is -0.389. The first-order chi connectivity index (χ1) is 9.61. The van der Waals surface area contributed by atoms with E-state index in [0.29, 0.717) is 6.42 Å². The second-order valence-electron chi connectivity index (χ2n) is 4.47. The van der Waals surface area contributed by atoms with E-state index < -0.39 is 0 Å². The highest BCUT2D eigenvalue weighted by Gasteiger charge is 2.17. The third-order valence-electron chi connectivity index (χ3n) is 3.01. The molecule has 1 N–H and O–H groups in total. The Labute approximate surface area is 131 Å². The molecule has 1 unspecified atom stereocenters. The quantitative estimate of drug-likeness (QED) is 0.850. The molecular formula is C15H15BrClFN2. The number of hydrogen-bond donors (Lipinski definition) is 1. The van der Waals surface area contributed by atoms with Crippen molar-refractivity contribution in [1.82, 2.24) is 10.3 Å². The summed E-state index contributed by atoms with van der Waals surface area (Å²) >= 11 is 9.49. The lowest BCUT2D eigenvalue weighted by Crippen LogP contribution is -2.23. The maximum absolute atomic E-state index is 13.6. The standard InChI is InChI=1S/C15H15BrClFN2/c1-2-20-14(7-10-6-11(16)9-19-8-10)12-4-3-5-13(18)15(12)17/h3-6,8-9,14,20H,2,7H2,1H3. The lowest BCUT2D eigenvalue weighted by atomic mass is 9.99. The van der Waals surface area contributed by atoms with E-state index in [1.54, 1.807) is 12.3 Å². The molecular weight excluding hydrogens is 343 g/mol.